The van der Waals surface area contributed by atoms with Gasteiger partial charge in [-0.2, -0.15) is 9.81 Å². The minimum atomic E-state index is -0.764. The number of rotatable bonds is 15. The van der Waals surface area contributed by atoms with Gasteiger partial charge in [0.1, 0.15) is 6.04 Å². The third-order valence-corrected chi connectivity index (χ3v) is 6.04. The number of nitrogens with zero attached hydrogens (tertiary/aromatic N) is 2. The highest BCUT2D eigenvalue weighted by molar-refractivity contribution is 6.21. The summed E-state index contributed by atoms with van der Waals surface area (Å²) in [7, 11) is 0. The maximum Gasteiger partial charge on any atom is 0.303 e. The fourth-order valence-electron chi connectivity index (χ4n) is 3.86. The Morgan fingerprint density at radius 2 is 1.86 bits per heavy atom. The second-order valence-corrected chi connectivity index (χ2v) is 8.41. The fraction of sp³-hybridized carbons (Fsp3) is 0.850. The first-order chi connectivity index (χ1) is 13.4. The summed E-state index contributed by atoms with van der Waals surface area (Å²) >= 11 is 6.44. The summed E-state index contributed by atoms with van der Waals surface area (Å²) < 4.78 is 0. The molecule has 0 spiro atoms. The number of aliphatic hydroxyl groups is 1. The van der Waals surface area contributed by atoms with Crippen molar-refractivity contribution in [1.29, 1.82) is 0 Å². The van der Waals surface area contributed by atoms with E-state index in [0.717, 1.165) is 25.7 Å². The molecule has 0 saturated heterocycles. The molecular weight excluding hydrogens is 384 g/mol. The highest BCUT2D eigenvalue weighted by Crippen LogP contribution is 2.40. The maximum absolute atomic E-state index is 11.1. The topological polar surface area (TPSA) is 116 Å². The van der Waals surface area contributed by atoms with Gasteiger partial charge in [0.05, 0.1) is 12.1 Å². The van der Waals surface area contributed by atoms with Crippen molar-refractivity contribution in [2.24, 2.45) is 22.2 Å². The first-order valence-corrected chi connectivity index (χ1v) is 10.7. The number of carbonyl (C=O) groups is 1. The van der Waals surface area contributed by atoms with Gasteiger partial charge >= 0.3 is 5.97 Å². The monoisotopic (exact) mass is 416 g/mol. The lowest BCUT2D eigenvalue weighted by atomic mass is 9.88. The summed E-state index contributed by atoms with van der Waals surface area (Å²) in [5.74, 6) is -0.722. The van der Waals surface area contributed by atoms with Gasteiger partial charge < -0.3 is 10.2 Å². The van der Waals surface area contributed by atoms with Crippen molar-refractivity contribution in [2.75, 3.05) is 0 Å². The van der Waals surface area contributed by atoms with Crippen LogP contribution in [0.1, 0.15) is 71.1 Å². The van der Waals surface area contributed by atoms with Crippen LogP contribution in [0.5, 0.6) is 0 Å². The van der Waals surface area contributed by atoms with E-state index in [1.807, 2.05) is 6.08 Å². The zero-order valence-electron chi connectivity index (χ0n) is 16.6. The zero-order chi connectivity index (χ0) is 20.9. The summed E-state index contributed by atoms with van der Waals surface area (Å²) in [5.41, 5.74) is 0. The fourth-order valence-corrected chi connectivity index (χ4v) is 4.34. The molecule has 0 aromatic heterocycles. The molecule has 1 aliphatic rings. The van der Waals surface area contributed by atoms with Crippen molar-refractivity contribution in [1.82, 2.24) is 0 Å². The molecule has 1 aliphatic carbocycles. The number of hydrogen-bond donors (Lipinski definition) is 2. The Kier molecular flexibility index (Phi) is 12.1. The maximum atomic E-state index is 11.1. The normalized spacial score (nSPS) is 27.0. The summed E-state index contributed by atoms with van der Waals surface area (Å²) in [6, 6.07) is -0.734. The highest BCUT2D eigenvalue weighted by atomic mass is 35.5. The van der Waals surface area contributed by atoms with Gasteiger partial charge in [-0.05, 0) is 51.4 Å². The Balaban J connectivity index is 2.47. The van der Waals surface area contributed by atoms with Crippen LogP contribution in [0.15, 0.2) is 22.5 Å². The highest BCUT2D eigenvalue weighted by Gasteiger charge is 2.39. The number of aliphatic carboxylic acids is 1. The lowest BCUT2D eigenvalue weighted by molar-refractivity contribution is -0.137. The van der Waals surface area contributed by atoms with E-state index < -0.39 is 18.1 Å². The minimum Gasteiger partial charge on any atom is -0.481 e. The molecule has 0 amide bonds. The second-order valence-electron chi connectivity index (χ2n) is 7.85. The van der Waals surface area contributed by atoms with Gasteiger partial charge in [0, 0.05) is 17.7 Å². The van der Waals surface area contributed by atoms with E-state index in [-0.39, 0.29) is 29.7 Å². The van der Waals surface area contributed by atoms with Crippen LogP contribution in [0.4, 0.5) is 0 Å². The van der Waals surface area contributed by atoms with Crippen molar-refractivity contribution in [2.45, 2.75) is 94.7 Å². The Hall–Kier alpha value is -1.34. The number of unbranched alkanes of at least 4 members (excludes halogenated alkanes) is 3. The number of nitroso groups, excluding NO2 is 2. The van der Waals surface area contributed by atoms with E-state index in [0.29, 0.717) is 32.1 Å². The van der Waals surface area contributed by atoms with Crippen molar-refractivity contribution >= 4 is 17.6 Å². The molecular formula is C20H33ClN2O5. The summed E-state index contributed by atoms with van der Waals surface area (Å²) in [6.45, 7) is 1.74. The molecule has 6 atom stereocenters. The van der Waals surface area contributed by atoms with Crippen LogP contribution in [-0.4, -0.2) is 39.7 Å². The number of halogens is 1. The third kappa shape index (κ3) is 9.24. The minimum absolute atomic E-state index is 0.0960. The number of hydrogen-bond acceptors (Lipinski definition) is 6. The molecule has 0 heterocycles. The molecule has 28 heavy (non-hydrogen) atoms. The van der Waals surface area contributed by atoms with Crippen LogP contribution in [0.3, 0.4) is 0 Å². The van der Waals surface area contributed by atoms with Gasteiger partial charge in [0.2, 0.25) is 0 Å². The van der Waals surface area contributed by atoms with E-state index in [2.05, 4.69) is 10.4 Å². The second kappa shape index (κ2) is 13.8. The van der Waals surface area contributed by atoms with Crippen molar-refractivity contribution in [3.05, 3.63) is 22.0 Å². The lowest BCUT2D eigenvalue weighted by Gasteiger charge is -2.21. The smallest absolute Gasteiger partial charge is 0.303 e. The Bertz CT molecular complexity index is 517. The number of carboxylic acids is 1. The molecule has 0 aromatic rings. The SMILES string of the molecule is C[C@H](CCC[C@@H](/C=C/[C@@H]1[C@@H](CCCCCCC(=O)O)[C@H](Cl)C[C@@H]1O)N=O)N=O. The zero-order valence-corrected chi connectivity index (χ0v) is 17.3. The van der Waals surface area contributed by atoms with E-state index in [4.69, 9.17) is 16.7 Å². The summed E-state index contributed by atoms with van der Waals surface area (Å²) in [5, 5.41) is 25.0. The first-order valence-electron chi connectivity index (χ1n) is 10.3. The van der Waals surface area contributed by atoms with E-state index in [1.165, 1.54) is 0 Å². The van der Waals surface area contributed by atoms with Crippen molar-refractivity contribution in [3.63, 3.8) is 0 Å². The molecule has 0 radical (unpaired) electrons. The molecule has 1 rings (SSSR count). The molecule has 7 nitrogen and oxygen atoms in total. The van der Waals surface area contributed by atoms with Crippen LogP contribution in [0.2, 0.25) is 0 Å². The van der Waals surface area contributed by atoms with Gasteiger partial charge in [-0.15, -0.1) is 11.6 Å². The predicted molar refractivity (Wildman–Crippen MR) is 110 cm³/mol. The molecule has 8 heteroatoms. The van der Waals surface area contributed by atoms with Crippen LogP contribution in [-0.2, 0) is 4.79 Å². The first kappa shape index (κ1) is 24.7. The number of carboxylic acid groups (broad SMARTS) is 1. The molecule has 0 aromatic carbocycles. The Morgan fingerprint density at radius 3 is 2.50 bits per heavy atom. The molecule has 0 aliphatic heterocycles. The van der Waals surface area contributed by atoms with Crippen LogP contribution < -0.4 is 0 Å². The molecule has 1 saturated carbocycles. The van der Waals surface area contributed by atoms with Gasteiger partial charge in [-0.1, -0.05) is 41.8 Å². The average molecular weight is 417 g/mol. The van der Waals surface area contributed by atoms with Crippen molar-refractivity contribution < 1.29 is 15.0 Å². The van der Waals surface area contributed by atoms with Gasteiger partial charge in [0.15, 0.2) is 0 Å². The number of alkyl halides is 1. The van der Waals surface area contributed by atoms with E-state index >= 15 is 0 Å². The molecule has 1 fully saturated rings. The lowest BCUT2D eigenvalue weighted by Crippen LogP contribution is -2.19. The Labute approximate surface area is 171 Å². The van der Waals surface area contributed by atoms with Crippen LogP contribution >= 0.6 is 11.6 Å². The predicted octanol–water partition coefficient (Wildman–Crippen LogP) is 5.03. The summed E-state index contributed by atoms with van der Waals surface area (Å²) in [6.07, 6.45) is 10.0. The largest absolute Gasteiger partial charge is 0.481 e. The Morgan fingerprint density at radius 1 is 1.14 bits per heavy atom. The van der Waals surface area contributed by atoms with E-state index in [1.54, 1.807) is 13.0 Å². The van der Waals surface area contributed by atoms with Gasteiger partial charge in [-0.25, -0.2) is 0 Å². The molecule has 2 N–H and O–H groups in total. The molecule has 0 bridgehead atoms. The molecule has 160 valence electrons. The summed E-state index contributed by atoms with van der Waals surface area (Å²) in [4.78, 5) is 32.0. The van der Waals surface area contributed by atoms with Crippen LogP contribution in [0.25, 0.3) is 0 Å². The quantitative estimate of drug-likeness (QED) is 0.168. The van der Waals surface area contributed by atoms with Crippen molar-refractivity contribution in [3.8, 4) is 0 Å². The third-order valence-electron chi connectivity index (χ3n) is 5.54. The van der Waals surface area contributed by atoms with E-state index in [9.17, 15) is 19.7 Å². The molecule has 0 unspecified atom stereocenters. The van der Waals surface area contributed by atoms with Gasteiger partial charge in [0.25, 0.3) is 0 Å². The average Bonchev–Trinajstić information content (AvgIpc) is 2.93. The van der Waals surface area contributed by atoms with Crippen LogP contribution in [0, 0.1) is 21.6 Å². The number of aliphatic hydroxyl groups excluding tert-OH is 1. The standard InChI is InChI=1S/C20H33ClN2O5/c1-14(22-27)7-6-8-15(23-28)11-12-17-16(18(21)13-19(17)24)9-4-2-3-5-10-20(25)26/h11-12,14-19,24H,2-10,13H2,1H3,(H,25,26)/b12-11+/t14-,15+,16-,17-,18-,19+/m1/s1. The van der Waals surface area contributed by atoms with Gasteiger partial charge in [-0.3, -0.25) is 4.79 Å².